The molecule has 0 fully saturated rings. The van der Waals surface area contributed by atoms with Gasteiger partial charge in [0.1, 0.15) is 11.4 Å². The van der Waals surface area contributed by atoms with Gasteiger partial charge in [-0.25, -0.2) is 4.39 Å². The van der Waals surface area contributed by atoms with Crippen LogP contribution in [0.25, 0.3) is 10.8 Å². The van der Waals surface area contributed by atoms with Crippen molar-refractivity contribution in [3.05, 3.63) is 111 Å². The predicted octanol–water partition coefficient (Wildman–Crippen LogP) is 5.09. The van der Waals surface area contributed by atoms with Crippen molar-refractivity contribution in [3.63, 3.8) is 0 Å². The molecule has 6 heteroatoms. The van der Waals surface area contributed by atoms with Gasteiger partial charge in [-0.15, -0.1) is 0 Å². The van der Waals surface area contributed by atoms with Gasteiger partial charge in [-0.3, -0.25) is 9.59 Å². The lowest BCUT2D eigenvalue weighted by molar-refractivity contribution is 0.102. The molecule has 4 nitrogen and oxygen atoms in total. The maximum absolute atomic E-state index is 13.3. The molecule has 29 heavy (non-hydrogen) atoms. The number of benzene rings is 3. The van der Waals surface area contributed by atoms with Crippen LogP contribution in [0.3, 0.4) is 0 Å². The minimum Gasteiger partial charge on any atom is -0.322 e. The van der Waals surface area contributed by atoms with E-state index in [2.05, 4.69) is 5.32 Å². The fourth-order valence-corrected chi connectivity index (χ4v) is 3.40. The molecule has 0 unspecified atom stereocenters. The van der Waals surface area contributed by atoms with Gasteiger partial charge in [0.05, 0.1) is 11.6 Å². The van der Waals surface area contributed by atoms with E-state index in [-0.39, 0.29) is 10.6 Å². The van der Waals surface area contributed by atoms with Gasteiger partial charge >= 0.3 is 0 Å². The Labute approximate surface area is 171 Å². The molecule has 3 aromatic carbocycles. The highest BCUT2D eigenvalue weighted by atomic mass is 35.5. The topological polar surface area (TPSA) is 51.1 Å². The van der Waals surface area contributed by atoms with E-state index in [1.165, 1.54) is 22.8 Å². The van der Waals surface area contributed by atoms with Crippen LogP contribution in [0.4, 0.5) is 10.1 Å². The van der Waals surface area contributed by atoms with E-state index in [0.29, 0.717) is 12.2 Å². The van der Waals surface area contributed by atoms with Crippen LogP contribution >= 0.6 is 11.6 Å². The molecule has 0 aliphatic carbocycles. The Morgan fingerprint density at radius 3 is 2.62 bits per heavy atom. The third kappa shape index (κ3) is 3.91. The minimum atomic E-state index is -0.582. The molecule has 0 bridgehead atoms. The number of carbonyl (C=O) groups excluding carboxylic acids is 1. The average Bonchev–Trinajstić information content (AvgIpc) is 2.72. The van der Waals surface area contributed by atoms with Gasteiger partial charge < -0.3 is 9.88 Å². The quantitative estimate of drug-likeness (QED) is 0.513. The van der Waals surface area contributed by atoms with E-state index in [1.54, 1.807) is 12.3 Å². The zero-order chi connectivity index (χ0) is 20.4. The number of nitrogens with one attached hydrogen (secondary N) is 1. The fourth-order valence-electron chi connectivity index (χ4n) is 3.22. The standard InChI is InChI=1S/C23H16ClFN2O2/c24-20-13-17(10-11-21(20)25)26-22(28)19-9-4-12-27(23(19)29)14-16-7-3-6-15-5-1-2-8-18(15)16/h1-13H,14H2,(H,26,28). The Bertz CT molecular complexity index is 1280. The number of nitrogens with zero attached hydrogens (tertiary/aromatic N) is 1. The smallest absolute Gasteiger partial charge is 0.263 e. The first kappa shape index (κ1) is 18.9. The second-order valence-electron chi connectivity index (χ2n) is 6.58. The predicted molar refractivity (Wildman–Crippen MR) is 113 cm³/mol. The first-order chi connectivity index (χ1) is 14.0. The van der Waals surface area contributed by atoms with E-state index < -0.39 is 17.3 Å². The molecule has 0 atom stereocenters. The number of rotatable bonds is 4. The van der Waals surface area contributed by atoms with Gasteiger partial charge in [0.25, 0.3) is 11.5 Å². The summed E-state index contributed by atoms with van der Waals surface area (Å²) >= 11 is 5.75. The lowest BCUT2D eigenvalue weighted by Crippen LogP contribution is -2.29. The highest BCUT2D eigenvalue weighted by Crippen LogP contribution is 2.20. The fraction of sp³-hybridized carbons (Fsp3) is 0.0435. The first-order valence-corrected chi connectivity index (χ1v) is 9.33. The lowest BCUT2D eigenvalue weighted by Gasteiger charge is -2.11. The Hall–Kier alpha value is -3.44. The molecule has 1 amide bonds. The Morgan fingerprint density at radius 1 is 1.00 bits per heavy atom. The van der Waals surface area contributed by atoms with Crippen molar-refractivity contribution < 1.29 is 9.18 Å². The Kier molecular flexibility index (Phi) is 5.14. The molecule has 0 saturated heterocycles. The third-order valence-corrected chi connectivity index (χ3v) is 4.95. The van der Waals surface area contributed by atoms with Crippen LogP contribution < -0.4 is 10.9 Å². The number of anilines is 1. The molecule has 4 aromatic rings. The Balaban J connectivity index is 1.64. The van der Waals surface area contributed by atoms with Crippen LogP contribution in [0.2, 0.25) is 5.02 Å². The van der Waals surface area contributed by atoms with Gasteiger partial charge in [-0.1, -0.05) is 54.1 Å². The van der Waals surface area contributed by atoms with Crippen molar-refractivity contribution in [1.29, 1.82) is 0 Å². The average molecular weight is 407 g/mol. The number of amides is 1. The molecule has 0 saturated carbocycles. The number of hydrogen-bond donors (Lipinski definition) is 1. The summed E-state index contributed by atoms with van der Waals surface area (Å²) in [7, 11) is 0. The number of fused-ring (bicyclic) bond motifs is 1. The maximum Gasteiger partial charge on any atom is 0.263 e. The highest BCUT2D eigenvalue weighted by Gasteiger charge is 2.14. The van der Waals surface area contributed by atoms with Crippen LogP contribution in [-0.2, 0) is 6.54 Å². The van der Waals surface area contributed by atoms with E-state index in [0.717, 1.165) is 22.4 Å². The first-order valence-electron chi connectivity index (χ1n) is 8.95. The van der Waals surface area contributed by atoms with E-state index in [9.17, 15) is 14.0 Å². The summed E-state index contributed by atoms with van der Waals surface area (Å²) in [5.74, 6) is -1.16. The molecule has 0 radical (unpaired) electrons. The van der Waals surface area contributed by atoms with E-state index in [4.69, 9.17) is 11.6 Å². The van der Waals surface area contributed by atoms with Crippen LogP contribution in [0, 0.1) is 5.82 Å². The van der Waals surface area contributed by atoms with Crippen molar-refractivity contribution in [2.24, 2.45) is 0 Å². The van der Waals surface area contributed by atoms with Crippen molar-refractivity contribution in [3.8, 4) is 0 Å². The van der Waals surface area contributed by atoms with Crippen molar-refractivity contribution in [2.75, 3.05) is 5.32 Å². The molecular formula is C23H16ClFN2O2. The van der Waals surface area contributed by atoms with Gasteiger partial charge in [0.15, 0.2) is 0 Å². The SMILES string of the molecule is O=C(Nc1ccc(F)c(Cl)c1)c1cccn(Cc2cccc3ccccc23)c1=O. The van der Waals surface area contributed by atoms with Crippen LogP contribution in [0.15, 0.2) is 83.8 Å². The molecule has 1 heterocycles. The monoisotopic (exact) mass is 406 g/mol. The number of aromatic nitrogens is 1. The number of carbonyl (C=O) groups is 1. The summed E-state index contributed by atoms with van der Waals surface area (Å²) in [4.78, 5) is 25.5. The molecule has 1 aromatic heterocycles. The van der Waals surface area contributed by atoms with Crippen molar-refractivity contribution >= 4 is 34.0 Å². The normalized spacial score (nSPS) is 10.8. The summed E-state index contributed by atoms with van der Waals surface area (Å²) in [5.41, 5.74) is 0.873. The van der Waals surface area contributed by atoms with Gasteiger partial charge in [0, 0.05) is 11.9 Å². The molecule has 0 aliphatic rings. The second-order valence-corrected chi connectivity index (χ2v) is 6.98. The van der Waals surface area contributed by atoms with Crippen LogP contribution in [-0.4, -0.2) is 10.5 Å². The number of hydrogen-bond acceptors (Lipinski definition) is 2. The number of pyridine rings is 1. The zero-order valence-electron chi connectivity index (χ0n) is 15.2. The zero-order valence-corrected chi connectivity index (χ0v) is 16.0. The summed E-state index contributed by atoms with van der Waals surface area (Å²) in [6.45, 7) is 0.337. The molecule has 4 rings (SSSR count). The summed E-state index contributed by atoms with van der Waals surface area (Å²) in [5, 5.41) is 4.61. The molecule has 0 spiro atoms. The molecule has 144 valence electrons. The Morgan fingerprint density at radius 2 is 1.79 bits per heavy atom. The molecule has 1 N–H and O–H groups in total. The molecule has 0 aliphatic heterocycles. The van der Waals surface area contributed by atoms with Gasteiger partial charge in [-0.2, -0.15) is 0 Å². The lowest BCUT2D eigenvalue weighted by atomic mass is 10.0. The van der Waals surface area contributed by atoms with E-state index >= 15 is 0 Å². The molecular weight excluding hydrogens is 391 g/mol. The van der Waals surface area contributed by atoms with Gasteiger partial charge in [-0.05, 0) is 46.7 Å². The second kappa shape index (κ2) is 7.89. The van der Waals surface area contributed by atoms with E-state index in [1.807, 2.05) is 42.5 Å². The third-order valence-electron chi connectivity index (χ3n) is 4.66. The summed E-state index contributed by atoms with van der Waals surface area (Å²) < 4.78 is 14.8. The van der Waals surface area contributed by atoms with Gasteiger partial charge in [0.2, 0.25) is 0 Å². The van der Waals surface area contributed by atoms with Crippen molar-refractivity contribution in [1.82, 2.24) is 4.57 Å². The van der Waals surface area contributed by atoms with Crippen LogP contribution in [0.5, 0.6) is 0 Å². The van der Waals surface area contributed by atoms with Crippen LogP contribution in [0.1, 0.15) is 15.9 Å². The number of halogens is 2. The van der Waals surface area contributed by atoms with Crippen molar-refractivity contribution in [2.45, 2.75) is 6.54 Å². The largest absolute Gasteiger partial charge is 0.322 e. The minimum absolute atomic E-state index is 0.00631. The summed E-state index contributed by atoms with van der Waals surface area (Å²) in [6.07, 6.45) is 1.65. The highest BCUT2D eigenvalue weighted by molar-refractivity contribution is 6.31. The summed E-state index contributed by atoms with van der Waals surface area (Å²) in [6, 6.07) is 20.8. The maximum atomic E-state index is 13.3.